The highest BCUT2D eigenvalue weighted by Gasteiger charge is 2.49. The molecule has 1 aliphatic heterocycles. The molecule has 0 aromatic rings. The molecule has 23 heavy (non-hydrogen) atoms. The Hall–Kier alpha value is -1.10. The van der Waals surface area contributed by atoms with E-state index in [-0.39, 0.29) is 17.9 Å². The van der Waals surface area contributed by atoms with Gasteiger partial charge >= 0.3 is 5.97 Å². The fourth-order valence-corrected chi connectivity index (χ4v) is 3.90. The third-order valence-corrected chi connectivity index (χ3v) is 5.69. The number of carbonyl (C=O) groups excluding carboxylic acids is 1. The molecule has 0 aromatic carbocycles. The van der Waals surface area contributed by atoms with Gasteiger partial charge in [-0.3, -0.25) is 9.59 Å². The molecule has 2 fully saturated rings. The van der Waals surface area contributed by atoms with Crippen LogP contribution in [0.4, 0.5) is 0 Å². The number of carbonyl (C=O) groups is 2. The van der Waals surface area contributed by atoms with E-state index < -0.39 is 17.5 Å². The van der Waals surface area contributed by atoms with Gasteiger partial charge in [-0.05, 0) is 32.1 Å². The van der Waals surface area contributed by atoms with Crippen molar-refractivity contribution in [3.8, 4) is 0 Å². The van der Waals surface area contributed by atoms with Crippen molar-refractivity contribution >= 4 is 11.9 Å². The van der Waals surface area contributed by atoms with E-state index >= 15 is 0 Å². The first-order valence-electron chi connectivity index (χ1n) is 9.04. The molecule has 1 amide bonds. The van der Waals surface area contributed by atoms with Gasteiger partial charge in [0.15, 0.2) is 0 Å². The minimum absolute atomic E-state index is 0.0101. The van der Waals surface area contributed by atoms with Gasteiger partial charge in [0.25, 0.3) is 5.91 Å². The van der Waals surface area contributed by atoms with Crippen LogP contribution in [0.25, 0.3) is 0 Å². The summed E-state index contributed by atoms with van der Waals surface area (Å²) in [6.07, 6.45) is 7.14. The van der Waals surface area contributed by atoms with Gasteiger partial charge in [0.2, 0.25) is 0 Å². The number of likely N-dealkylation sites (tertiary alicyclic amines) is 1. The Balaban J connectivity index is 1.93. The Bertz CT molecular complexity index is 429. The van der Waals surface area contributed by atoms with E-state index in [1.807, 2.05) is 20.8 Å². The van der Waals surface area contributed by atoms with Crippen molar-refractivity contribution in [3.05, 3.63) is 0 Å². The number of carboxylic acids is 1. The first-order chi connectivity index (χ1) is 10.9. The smallest absolute Gasteiger partial charge is 0.311 e. The van der Waals surface area contributed by atoms with Crippen LogP contribution in [0.15, 0.2) is 0 Å². The number of hydrogen-bond acceptors (Lipinski definition) is 3. The lowest BCUT2D eigenvalue weighted by molar-refractivity contribution is -0.153. The summed E-state index contributed by atoms with van der Waals surface area (Å²) < 4.78 is 6.00. The molecule has 2 aliphatic rings. The summed E-state index contributed by atoms with van der Waals surface area (Å²) in [5.74, 6) is -0.839. The number of rotatable bonds is 5. The first-order valence-corrected chi connectivity index (χ1v) is 9.04. The van der Waals surface area contributed by atoms with Crippen LogP contribution in [0.2, 0.25) is 0 Å². The van der Waals surface area contributed by atoms with Crippen LogP contribution in [-0.2, 0) is 14.3 Å². The maximum atomic E-state index is 12.6. The quantitative estimate of drug-likeness (QED) is 0.789. The molecule has 1 aliphatic carbocycles. The summed E-state index contributed by atoms with van der Waals surface area (Å²) in [6, 6.07) is 0. The molecule has 1 N–H and O–H groups in total. The topological polar surface area (TPSA) is 66.8 Å². The molecule has 0 bridgehead atoms. The maximum Gasteiger partial charge on any atom is 0.311 e. The van der Waals surface area contributed by atoms with Gasteiger partial charge in [0.05, 0.1) is 11.5 Å². The molecule has 0 aromatic heterocycles. The van der Waals surface area contributed by atoms with Crippen molar-refractivity contribution in [2.45, 2.75) is 77.9 Å². The number of amides is 1. The standard InChI is InChI=1S/C18H31NO4/c1-13(2)18(17(21)22)10-11-19(12-18)16(20)14(3)23-15-8-6-4-5-7-9-15/h13-15H,4-12H2,1-3H3,(H,21,22). The third-order valence-electron chi connectivity index (χ3n) is 5.69. The van der Waals surface area contributed by atoms with Crippen molar-refractivity contribution in [3.63, 3.8) is 0 Å². The predicted molar refractivity (Wildman–Crippen MR) is 88.1 cm³/mol. The second-order valence-electron chi connectivity index (χ2n) is 7.52. The van der Waals surface area contributed by atoms with Crippen LogP contribution in [0.3, 0.4) is 0 Å². The molecule has 5 nitrogen and oxygen atoms in total. The molecule has 0 spiro atoms. The molecule has 5 heteroatoms. The van der Waals surface area contributed by atoms with Crippen LogP contribution in [0.5, 0.6) is 0 Å². The minimum Gasteiger partial charge on any atom is -0.481 e. The van der Waals surface area contributed by atoms with Gasteiger partial charge in [-0.25, -0.2) is 0 Å². The molecule has 2 atom stereocenters. The first kappa shape index (κ1) is 18.2. The van der Waals surface area contributed by atoms with Crippen LogP contribution in [0, 0.1) is 11.3 Å². The van der Waals surface area contributed by atoms with Crippen LogP contribution < -0.4 is 0 Å². The zero-order chi connectivity index (χ0) is 17.0. The second kappa shape index (κ2) is 7.65. The van der Waals surface area contributed by atoms with Crippen LogP contribution in [0.1, 0.15) is 65.7 Å². The summed E-state index contributed by atoms with van der Waals surface area (Å²) >= 11 is 0. The highest BCUT2D eigenvalue weighted by Crippen LogP contribution is 2.38. The lowest BCUT2D eigenvalue weighted by atomic mass is 9.76. The van der Waals surface area contributed by atoms with Gasteiger partial charge in [-0.2, -0.15) is 0 Å². The van der Waals surface area contributed by atoms with Gasteiger partial charge in [-0.1, -0.05) is 39.5 Å². The fraction of sp³-hybridized carbons (Fsp3) is 0.889. The van der Waals surface area contributed by atoms with Crippen molar-refractivity contribution in [1.82, 2.24) is 4.90 Å². The third kappa shape index (κ3) is 4.06. The van der Waals surface area contributed by atoms with Gasteiger partial charge in [0.1, 0.15) is 6.10 Å². The lowest BCUT2D eigenvalue weighted by Crippen LogP contribution is -2.44. The highest BCUT2D eigenvalue weighted by atomic mass is 16.5. The summed E-state index contributed by atoms with van der Waals surface area (Å²) in [5.41, 5.74) is -0.808. The Kier molecular flexibility index (Phi) is 6.06. The lowest BCUT2D eigenvalue weighted by Gasteiger charge is -2.30. The number of ether oxygens (including phenoxy) is 1. The van der Waals surface area contributed by atoms with E-state index in [0.29, 0.717) is 19.5 Å². The summed E-state index contributed by atoms with van der Waals surface area (Å²) in [7, 11) is 0. The molecule has 1 saturated heterocycles. The van der Waals surface area contributed by atoms with E-state index in [1.54, 1.807) is 4.90 Å². The zero-order valence-electron chi connectivity index (χ0n) is 14.7. The number of carboxylic acid groups (broad SMARTS) is 1. The summed E-state index contributed by atoms with van der Waals surface area (Å²) in [4.78, 5) is 26.0. The fourth-order valence-electron chi connectivity index (χ4n) is 3.90. The average Bonchev–Trinajstić information content (AvgIpc) is 2.81. The highest BCUT2D eigenvalue weighted by molar-refractivity contribution is 5.83. The molecular weight excluding hydrogens is 294 g/mol. The molecule has 1 saturated carbocycles. The number of aliphatic carboxylic acids is 1. The van der Waals surface area contributed by atoms with Crippen molar-refractivity contribution < 1.29 is 19.4 Å². The summed E-state index contributed by atoms with van der Waals surface area (Å²) in [6.45, 7) is 6.48. The van der Waals surface area contributed by atoms with Crippen LogP contribution >= 0.6 is 0 Å². The molecule has 2 unspecified atom stereocenters. The predicted octanol–water partition coefficient (Wildman–Crippen LogP) is 3.07. The van der Waals surface area contributed by atoms with E-state index in [1.165, 1.54) is 25.7 Å². The van der Waals surface area contributed by atoms with E-state index in [0.717, 1.165) is 12.8 Å². The Morgan fingerprint density at radius 1 is 1.13 bits per heavy atom. The van der Waals surface area contributed by atoms with Gasteiger partial charge in [0, 0.05) is 13.1 Å². The maximum absolute atomic E-state index is 12.6. The normalized spacial score (nSPS) is 27.9. The van der Waals surface area contributed by atoms with E-state index in [9.17, 15) is 14.7 Å². The van der Waals surface area contributed by atoms with Crippen molar-refractivity contribution in [2.24, 2.45) is 11.3 Å². The average molecular weight is 325 g/mol. The molecule has 132 valence electrons. The van der Waals surface area contributed by atoms with Gasteiger partial charge < -0.3 is 14.7 Å². The summed E-state index contributed by atoms with van der Waals surface area (Å²) in [5, 5.41) is 9.60. The minimum atomic E-state index is -0.808. The Labute approximate surface area is 139 Å². The Morgan fingerprint density at radius 3 is 2.22 bits per heavy atom. The zero-order valence-corrected chi connectivity index (χ0v) is 14.7. The molecule has 2 rings (SSSR count). The monoisotopic (exact) mass is 325 g/mol. The van der Waals surface area contributed by atoms with Crippen molar-refractivity contribution in [2.75, 3.05) is 13.1 Å². The molecular formula is C18H31NO4. The van der Waals surface area contributed by atoms with Gasteiger partial charge in [-0.15, -0.1) is 0 Å². The number of nitrogens with zero attached hydrogens (tertiary/aromatic N) is 1. The van der Waals surface area contributed by atoms with Crippen LogP contribution in [-0.4, -0.2) is 47.2 Å². The largest absolute Gasteiger partial charge is 0.481 e. The molecule has 1 heterocycles. The SMILES string of the molecule is CC(OC1CCCCCC1)C(=O)N1CCC(C(=O)O)(C(C)C)C1. The molecule has 0 radical (unpaired) electrons. The second-order valence-corrected chi connectivity index (χ2v) is 7.52. The Morgan fingerprint density at radius 2 is 1.74 bits per heavy atom. The van der Waals surface area contributed by atoms with E-state index in [2.05, 4.69) is 0 Å². The van der Waals surface area contributed by atoms with E-state index in [4.69, 9.17) is 4.74 Å². The number of hydrogen-bond donors (Lipinski definition) is 1. The van der Waals surface area contributed by atoms with Crippen molar-refractivity contribution in [1.29, 1.82) is 0 Å².